The molecule has 1 saturated heterocycles. The lowest BCUT2D eigenvalue weighted by Gasteiger charge is -2.26. The molecule has 1 aromatic rings. The molecule has 4 heteroatoms. The lowest BCUT2D eigenvalue weighted by molar-refractivity contribution is -0.135. The molecule has 2 rings (SSSR count). The fourth-order valence-corrected chi connectivity index (χ4v) is 1.42. The fourth-order valence-electron chi connectivity index (χ4n) is 1.42. The predicted molar refractivity (Wildman–Crippen MR) is 55.9 cm³/mol. The van der Waals surface area contributed by atoms with Crippen LogP contribution in [-0.4, -0.2) is 25.6 Å². The summed E-state index contributed by atoms with van der Waals surface area (Å²) in [5.41, 5.74) is 1.80. The third-order valence-corrected chi connectivity index (χ3v) is 2.47. The second kappa shape index (κ2) is 4.88. The lowest BCUT2D eigenvalue weighted by Crippen LogP contribution is -2.35. The van der Waals surface area contributed by atoms with E-state index < -0.39 is 0 Å². The topological polar surface area (TPSA) is 59.3 Å². The number of benzene rings is 1. The van der Waals surface area contributed by atoms with Crippen molar-refractivity contribution in [2.45, 2.75) is 12.7 Å². The van der Waals surface area contributed by atoms with Gasteiger partial charge in [-0.2, -0.15) is 5.26 Å². The predicted octanol–water partition coefficient (Wildman–Crippen LogP) is 1.29. The van der Waals surface area contributed by atoms with Crippen LogP contribution in [0.5, 0.6) is 0 Å². The van der Waals surface area contributed by atoms with E-state index in [9.17, 15) is 4.79 Å². The highest BCUT2D eigenvalue weighted by molar-refractivity contribution is 5.75. The molecule has 0 aromatic heterocycles. The van der Waals surface area contributed by atoms with Gasteiger partial charge >= 0.3 is 0 Å². The largest absolute Gasteiger partial charge is 0.376 e. The molecule has 1 heterocycles. The van der Waals surface area contributed by atoms with E-state index in [1.54, 1.807) is 18.2 Å². The van der Waals surface area contributed by atoms with Gasteiger partial charge in [-0.15, -0.1) is 0 Å². The van der Waals surface area contributed by atoms with Crippen LogP contribution in [0.2, 0.25) is 0 Å². The Bertz CT molecular complexity index is 432. The van der Waals surface area contributed by atoms with Gasteiger partial charge in [-0.1, -0.05) is 12.1 Å². The number of nitrogens with zero attached hydrogens (tertiary/aromatic N) is 1. The van der Waals surface area contributed by atoms with Gasteiger partial charge in [0.05, 0.1) is 31.5 Å². The molecule has 0 bridgehead atoms. The average molecular weight is 217 g/mol. The minimum absolute atomic E-state index is 0.136. The van der Waals surface area contributed by atoms with Crippen LogP contribution in [0.4, 0.5) is 0 Å². The van der Waals surface area contributed by atoms with Gasteiger partial charge in [0, 0.05) is 5.56 Å². The molecule has 0 atom stereocenters. The number of carbonyl (C=O) groups excluding carboxylic acids is 1. The molecule has 0 amide bonds. The number of rotatable bonds is 4. The van der Waals surface area contributed by atoms with Crippen LogP contribution in [0.25, 0.3) is 0 Å². The number of aldehydes is 1. The van der Waals surface area contributed by atoms with Crippen molar-refractivity contribution in [1.29, 1.82) is 5.26 Å². The molecule has 0 N–H and O–H groups in total. The summed E-state index contributed by atoms with van der Waals surface area (Å²) in [6, 6.07) is 7.07. The second-order valence-corrected chi connectivity index (χ2v) is 3.62. The molecule has 0 spiro atoms. The Morgan fingerprint density at radius 1 is 1.56 bits per heavy atom. The molecule has 1 fully saturated rings. The standard InChI is InChI=1S/C12H11NO3/c13-4-11-3-9(5-14)1-2-10(11)6-16-12-7-15-8-12/h1-3,5,12H,6-8H2. The Balaban J connectivity index is 2.07. The highest BCUT2D eigenvalue weighted by Gasteiger charge is 2.19. The van der Waals surface area contributed by atoms with Crippen molar-refractivity contribution in [3.8, 4) is 6.07 Å². The smallest absolute Gasteiger partial charge is 0.150 e. The summed E-state index contributed by atoms with van der Waals surface area (Å²) in [7, 11) is 0. The average Bonchev–Trinajstić information content (AvgIpc) is 2.27. The summed E-state index contributed by atoms with van der Waals surface area (Å²) in [6.07, 6.45) is 0.864. The zero-order valence-electron chi connectivity index (χ0n) is 8.68. The summed E-state index contributed by atoms with van der Waals surface area (Å²) in [4.78, 5) is 10.6. The fraction of sp³-hybridized carbons (Fsp3) is 0.333. The molecule has 1 aliphatic rings. The number of hydrogen-bond donors (Lipinski definition) is 0. The van der Waals surface area contributed by atoms with Crippen LogP contribution in [0.3, 0.4) is 0 Å². The molecule has 0 radical (unpaired) electrons. The first-order chi connectivity index (χ1) is 7.83. The molecule has 4 nitrogen and oxygen atoms in total. The second-order valence-electron chi connectivity index (χ2n) is 3.62. The Morgan fingerprint density at radius 3 is 2.94 bits per heavy atom. The van der Waals surface area contributed by atoms with E-state index >= 15 is 0 Å². The van der Waals surface area contributed by atoms with Gasteiger partial charge in [0.1, 0.15) is 12.4 Å². The summed E-state index contributed by atoms with van der Waals surface area (Å²) in [5.74, 6) is 0. The third kappa shape index (κ3) is 2.27. The molecule has 0 aliphatic carbocycles. The summed E-state index contributed by atoms with van der Waals surface area (Å²) >= 11 is 0. The SMILES string of the molecule is N#Cc1cc(C=O)ccc1COC1COC1. The van der Waals surface area contributed by atoms with Gasteiger partial charge in [-0.25, -0.2) is 0 Å². The van der Waals surface area contributed by atoms with Crippen LogP contribution in [0, 0.1) is 11.3 Å². The van der Waals surface area contributed by atoms with Crippen molar-refractivity contribution in [2.24, 2.45) is 0 Å². The minimum atomic E-state index is 0.136. The Hall–Kier alpha value is -1.70. The van der Waals surface area contributed by atoms with E-state index in [1.807, 2.05) is 0 Å². The van der Waals surface area contributed by atoms with Crippen LogP contribution in [0.15, 0.2) is 18.2 Å². The summed E-state index contributed by atoms with van der Waals surface area (Å²) < 4.78 is 10.5. The van der Waals surface area contributed by atoms with E-state index in [1.165, 1.54) is 0 Å². The van der Waals surface area contributed by atoms with Crippen molar-refractivity contribution in [3.05, 3.63) is 34.9 Å². The Labute approximate surface area is 93.4 Å². The van der Waals surface area contributed by atoms with Crippen LogP contribution < -0.4 is 0 Å². The normalized spacial score (nSPS) is 15.2. The Kier molecular flexibility index (Phi) is 3.30. The maximum atomic E-state index is 10.6. The number of carbonyl (C=O) groups is 1. The van der Waals surface area contributed by atoms with Crippen LogP contribution in [0.1, 0.15) is 21.5 Å². The first kappa shape index (κ1) is 10.8. The number of hydrogen-bond acceptors (Lipinski definition) is 4. The van der Waals surface area contributed by atoms with Crippen LogP contribution >= 0.6 is 0 Å². The van der Waals surface area contributed by atoms with E-state index in [2.05, 4.69) is 6.07 Å². The van der Waals surface area contributed by atoms with E-state index in [-0.39, 0.29) is 6.10 Å². The van der Waals surface area contributed by atoms with E-state index in [0.29, 0.717) is 30.9 Å². The highest BCUT2D eigenvalue weighted by Crippen LogP contribution is 2.14. The summed E-state index contributed by atoms with van der Waals surface area (Å²) in [6.45, 7) is 1.62. The van der Waals surface area contributed by atoms with Crippen LogP contribution in [-0.2, 0) is 16.1 Å². The zero-order valence-corrected chi connectivity index (χ0v) is 8.68. The number of ether oxygens (including phenoxy) is 2. The first-order valence-electron chi connectivity index (χ1n) is 5.01. The molecule has 16 heavy (non-hydrogen) atoms. The molecular formula is C12H11NO3. The van der Waals surface area contributed by atoms with Crippen molar-refractivity contribution in [3.63, 3.8) is 0 Å². The van der Waals surface area contributed by atoms with E-state index in [0.717, 1.165) is 11.8 Å². The van der Waals surface area contributed by atoms with Gasteiger partial charge < -0.3 is 9.47 Å². The molecule has 1 aliphatic heterocycles. The van der Waals surface area contributed by atoms with Crippen molar-refractivity contribution in [2.75, 3.05) is 13.2 Å². The van der Waals surface area contributed by atoms with Crippen molar-refractivity contribution in [1.82, 2.24) is 0 Å². The number of nitriles is 1. The van der Waals surface area contributed by atoms with Crippen molar-refractivity contribution >= 4 is 6.29 Å². The van der Waals surface area contributed by atoms with Gasteiger partial charge in [0.25, 0.3) is 0 Å². The lowest BCUT2D eigenvalue weighted by atomic mass is 10.1. The van der Waals surface area contributed by atoms with Gasteiger partial charge in [0.2, 0.25) is 0 Å². The first-order valence-corrected chi connectivity index (χ1v) is 5.01. The Morgan fingerprint density at radius 2 is 2.38 bits per heavy atom. The monoisotopic (exact) mass is 217 g/mol. The minimum Gasteiger partial charge on any atom is -0.376 e. The van der Waals surface area contributed by atoms with Gasteiger partial charge in [0.15, 0.2) is 0 Å². The summed E-state index contributed by atoms with van der Waals surface area (Å²) in [5, 5.41) is 8.93. The molecule has 0 saturated carbocycles. The van der Waals surface area contributed by atoms with Gasteiger partial charge in [-0.05, 0) is 11.6 Å². The molecule has 82 valence electrons. The quantitative estimate of drug-likeness (QED) is 0.713. The van der Waals surface area contributed by atoms with E-state index in [4.69, 9.17) is 14.7 Å². The molecular weight excluding hydrogens is 206 g/mol. The van der Waals surface area contributed by atoms with Gasteiger partial charge in [-0.3, -0.25) is 4.79 Å². The molecule has 1 aromatic carbocycles. The highest BCUT2D eigenvalue weighted by atomic mass is 16.6. The van der Waals surface area contributed by atoms with Crippen molar-refractivity contribution < 1.29 is 14.3 Å². The molecule has 0 unspecified atom stereocenters. The zero-order chi connectivity index (χ0) is 11.4. The third-order valence-electron chi connectivity index (χ3n) is 2.47. The maximum Gasteiger partial charge on any atom is 0.150 e. The maximum absolute atomic E-state index is 10.6.